The molecular formula is C15H18BrNO2. The van der Waals surface area contributed by atoms with Gasteiger partial charge in [-0.25, -0.2) is 0 Å². The number of amides is 1. The lowest BCUT2D eigenvalue weighted by Crippen LogP contribution is -2.35. The van der Waals surface area contributed by atoms with Crippen molar-refractivity contribution in [2.75, 3.05) is 4.90 Å². The summed E-state index contributed by atoms with van der Waals surface area (Å²) in [6.45, 7) is 5.74. The van der Waals surface area contributed by atoms with Crippen molar-refractivity contribution in [3.63, 3.8) is 0 Å². The molecule has 0 saturated heterocycles. The molecule has 0 bridgehead atoms. The Labute approximate surface area is 122 Å². The van der Waals surface area contributed by atoms with Crippen molar-refractivity contribution in [2.24, 2.45) is 0 Å². The molecule has 19 heavy (non-hydrogen) atoms. The first-order chi connectivity index (χ1) is 8.95. The average Bonchev–Trinajstić information content (AvgIpc) is 2.71. The summed E-state index contributed by atoms with van der Waals surface area (Å²) in [5.74, 6) is 0.218. The number of carbonyl (C=O) groups is 2. The van der Waals surface area contributed by atoms with Crippen molar-refractivity contribution in [1.29, 1.82) is 0 Å². The summed E-state index contributed by atoms with van der Waals surface area (Å²) in [5, 5.41) is 0. The van der Waals surface area contributed by atoms with Gasteiger partial charge >= 0.3 is 0 Å². The van der Waals surface area contributed by atoms with Gasteiger partial charge < -0.3 is 4.90 Å². The van der Waals surface area contributed by atoms with E-state index in [-0.39, 0.29) is 22.6 Å². The molecule has 0 radical (unpaired) electrons. The summed E-state index contributed by atoms with van der Waals surface area (Å²) in [5.41, 5.74) is 2.76. The van der Waals surface area contributed by atoms with Crippen molar-refractivity contribution in [3.05, 3.63) is 29.3 Å². The summed E-state index contributed by atoms with van der Waals surface area (Å²) in [4.78, 5) is 25.6. The lowest BCUT2D eigenvalue weighted by Gasteiger charge is -2.22. The monoisotopic (exact) mass is 323 g/mol. The van der Waals surface area contributed by atoms with Crippen LogP contribution < -0.4 is 4.90 Å². The first-order valence-corrected chi connectivity index (χ1v) is 7.50. The fraction of sp³-hybridized carbons (Fsp3) is 0.467. The maximum atomic E-state index is 12.0. The highest BCUT2D eigenvalue weighted by molar-refractivity contribution is 9.10. The second kappa shape index (κ2) is 5.45. The highest BCUT2D eigenvalue weighted by Crippen LogP contribution is 2.33. The van der Waals surface area contributed by atoms with Crippen molar-refractivity contribution in [1.82, 2.24) is 0 Å². The molecule has 0 spiro atoms. The summed E-state index contributed by atoms with van der Waals surface area (Å²) in [6.07, 6.45) is 1.32. The number of ketones is 1. The molecule has 1 heterocycles. The van der Waals surface area contributed by atoms with E-state index >= 15 is 0 Å². The second-order valence-electron chi connectivity index (χ2n) is 4.99. The zero-order valence-corrected chi connectivity index (χ0v) is 13.0. The van der Waals surface area contributed by atoms with Crippen LogP contribution in [0.2, 0.25) is 0 Å². The summed E-state index contributed by atoms with van der Waals surface area (Å²) in [7, 11) is 0. The van der Waals surface area contributed by atoms with Crippen LogP contribution >= 0.6 is 15.9 Å². The number of rotatable bonds is 3. The van der Waals surface area contributed by atoms with Crippen LogP contribution in [-0.2, 0) is 11.2 Å². The second-order valence-corrected chi connectivity index (χ2v) is 6.37. The van der Waals surface area contributed by atoms with Gasteiger partial charge in [0.2, 0.25) is 5.91 Å². The van der Waals surface area contributed by atoms with Gasteiger partial charge in [-0.2, -0.15) is 0 Å². The molecule has 1 aromatic rings. The number of carbonyl (C=O) groups excluding carboxylic acids is 2. The molecule has 2 unspecified atom stereocenters. The molecule has 1 aliphatic heterocycles. The molecule has 0 aromatic heterocycles. The van der Waals surface area contributed by atoms with Crippen LogP contribution in [0.4, 0.5) is 5.69 Å². The molecule has 1 amide bonds. The first-order valence-electron chi connectivity index (χ1n) is 6.59. The normalized spacial score (nSPS) is 19.2. The molecule has 1 aliphatic rings. The molecule has 0 saturated carbocycles. The van der Waals surface area contributed by atoms with Crippen LogP contribution in [0.25, 0.3) is 0 Å². The number of fused-ring (bicyclic) bond motifs is 1. The Morgan fingerprint density at radius 2 is 2.16 bits per heavy atom. The topological polar surface area (TPSA) is 37.4 Å². The Balaban J connectivity index is 2.37. The molecule has 1 aromatic carbocycles. The highest BCUT2D eigenvalue weighted by atomic mass is 79.9. The van der Waals surface area contributed by atoms with E-state index < -0.39 is 0 Å². The smallest absolute Gasteiger partial charge is 0.226 e. The number of Topliss-reactive ketones (excluding diaryl/α,β-unsaturated/α-hetero) is 1. The maximum Gasteiger partial charge on any atom is 0.226 e. The fourth-order valence-corrected chi connectivity index (χ4v) is 2.83. The van der Waals surface area contributed by atoms with Gasteiger partial charge in [0.25, 0.3) is 0 Å². The Kier molecular flexibility index (Phi) is 4.09. The third-order valence-electron chi connectivity index (χ3n) is 3.51. The predicted molar refractivity (Wildman–Crippen MR) is 80.1 cm³/mol. The van der Waals surface area contributed by atoms with Crippen LogP contribution in [-0.4, -0.2) is 22.6 Å². The van der Waals surface area contributed by atoms with E-state index in [1.54, 1.807) is 0 Å². The quantitative estimate of drug-likeness (QED) is 0.632. The lowest BCUT2D eigenvalue weighted by molar-refractivity contribution is -0.118. The summed E-state index contributed by atoms with van der Waals surface area (Å²) >= 11 is 3.30. The lowest BCUT2D eigenvalue weighted by atomic mass is 10.0. The Bertz CT molecular complexity index is 525. The molecule has 2 rings (SSSR count). The molecule has 0 aliphatic carbocycles. The van der Waals surface area contributed by atoms with Gasteiger partial charge in [0.1, 0.15) is 0 Å². The van der Waals surface area contributed by atoms with Gasteiger partial charge in [0.05, 0.1) is 4.83 Å². The zero-order chi connectivity index (χ0) is 14.2. The largest absolute Gasteiger partial charge is 0.309 e. The number of benzene rings is 1. The van der Waals surface area contributed by atoms with Gasteiger partial charge in [-0.15, -0.1) is 0 Å². The van der Waals surface area contributed by atoms with E-state index in [0.717, 1.165) is 17.7 Å². The average molecular weight is 324 g/mol. The van der Waals surface area contributed by atoms with E-state index in [4.69, 9.17) is 0 Å². The third-order valence-corrected chi connectivity index (χ3v) is 3.93. The Morgan fingerprint density at radius 3 is 2.74 bits per heavy atom. The Morgan fingerprint density at radius 1 is 1.47 bits per heavy atom. The van der Waals surface area contributed by atoms with Gasteiger partial charge in [0, 0.05) is 23.7 Å². The number of halogens is 1. The van der Waals surface area contributed by atoms with Crippen LogP contribution in [0.5, 0.6) is 0 Å². The van der Waals surface area contributed by atoms with Gasteiger partial charge in [-0.3, -0.25) is 9.59 Å². The first kappa shape index (κ1) is 14.3. The number of nitrogens with zero attached hydrogens (tertiary/aromatic N) is 1. The number of hydrogen-bond acceptors (Lipinski definition) is 2. The minimum absolute atomic E-state index is 0.0794. The van der Waals surface area contributed by atoms with E-state index in [1.807, 2.05) is 43.9 Å². The van der Waals surface area contributed by atoms with Crippen LogP contribution in [0.1, 0.15) is 43.1 Å². The molecule has 2 atom stereocenters. The fourth-order valence-electron chi connectivity index (χ4n) is 2.56. The molecule has 0 fully saturated rings. The van der Waals surface area contributed by atoms with E-state index in [1.165, 1.54) is 0 Å². The van der Waals surface area contributed by atoms with Crippen LogP contribution in [0.3, 0.4) is 0 Å². The van der Waals surface area contributed by atoms with E-state index in [2.05, 4.69) is 15.9 Å². The minimum atomic E-state index is -0.183. The molecule has 0 N–H and O–H groups in total. The molecule has 3 nitrogen and oxygen atoms in total. The standard InChI is InChI=1S/C15H18BrNO2/c1-4-14(18)17-9(2)7-12-8-11(5-6-13(12)17)15(19)10(3)16/h5-6,8-10H,4,7H2,1-3H3. The van der Waals surface area contributed by atoms with Gasteiger partial charge in [0.15, 0.2) is 5.78 Å². The van der Waals surface area contributed by atoms with Gasteiger partial charge in [-0.05, 0) is 44.0 Å². The molecule has 102 valence electrons. The van der Waals surface area contributed by atoms with Crippen LogP contribution in [0.15, 0.2) is 18.2 Å². The number of alkyl halides is 1. The summed E-state index contributed by atoms with van der Waals surface area (Å²) in [6, 6.07) is 5.81. The van der Waals surface area contributed by atoms with Gasteiger partial charge in [-0.1, -0.05) is 22.9 Å². The number of anilines is 1. The van der Waals surface area contributed by atoms with Crippen molar-refractivity contribution >= 4 is 33.3 Å². The SMILES string of the molecule is CCC(=O)N1c2ccc(C(=O)C(C)Br)cc2CC1C. The highest BCUT2D eigenvalue weighted by Gasteiger charge is 2.30. The van der Waals surface area contributed by atoms with Crippen molar-refractivity contribution < 1.29 is 9.59 Å². The Hall–Kier alpha value is -1.16. The van der Waals surface area contributed by atoms with Crippen molar-refractivity contribution in [3.8, 4) is 0 Å². The predicted octanol–water partition coefficient (Wildman–Crippen LogP) is 3.34. The van der Waals surface area contributed by atoms with E-state index in [0.29, 0.717) is 12.0 Å². The number of hydrogen-bond donors (Lipinski definition) is 0. The van der Waals surface area contributed by atoms with Crippen molar-refractivity contribution in [2.45, 2.75) is 44.5 Å². The zero-order valence-electron chi connectivity index (χ0n) is 11.4. The molecule has 4 heteroatoms. The molecular weight excluding hydrogens is 306 g/mol. The maximum absolute atomic E-state index is 12.0. The van der Waals surface area contributed by atoms with E-state index in [9.17, 15) is 9.59 Å². The van der Waals surface area contributed by atoms with Crippen LogP contribution in [0, 0.1) is 0 Å². The minimum Gasteiger partial charge on any atom is -0.309 e. The third kappa shape index (κ3) is 2.59. The summed E-state index contributed by atoms with van der Waals surface area (Å²) < 4.78 is 0.